The van der Waals surface area contributed by atoms with Crippen LogP contribution in [0.1, 0.15) is 62.6 Å². The van der Waals surface area contributed by atoms with E-state index >= 15 is 0 Å². The van der Waals surface area contributed by atoms with Crippen LogP contribution in [0.3, 0.4) is 0 Å². The summed E-state index contributed by atoms with van der Waals surface area (Å²) >= 11 is 0. The topological polar surface area (TPSA) is 20.2 Å². The summed E-state index contributed by atoms with van der Waals surface area (Å²) in [5.74, 6) is 0.606. The molecule has 0 saturated heterocycles. The quantitative estimate of drug-likeness (QED) is 0.663. The van der Waals surface area contributed by atoms with Gasteiger partial charge in [-0.05, 0) is 42.4 Å². The summed E-state index contributed by atoms with van der Waals surface area (Å²) in [5, 5.41) is 11.5. The Bertz CT molecular complexity index is 714. The van der Waals surface area contributed by atoms with Gasteiger partial charge in [-0.1, -0.05) is 81.3 Å². The number of unbranched alkanes of at least 4 members (excludes halogenated alkanes) is 1. The zero-order chi connectivity index (χ0) is 17.0. The number of hydrogen-bond donors (Lipinski definition) is 1. The Morgan fingerprint density at radius 1 is 0.958 bits per heavy atom. The van der Waals surface area contributed by atoms with Gasteiger partial charge in [0.25, 0.3) is 0 Å². The summed E-state index contributed by atoms with van der Waals surface area (Å²) in [5.41, 5.74) is 4.63. The van der Waals surface area contributed by atoms with E-state index in [1.807, 2.05) is 6.07 Å². The van der Waals surface area contributed by atoms with Gasteiger partial charge in [0.2, 0.25) is 0 Å². The Morgan fingerprint density at radius 3 is 2.38 bits per heavy atom. The molecular weight excluding hydrogens is 292 g/mol. The van der Waals surface area contributed by atoms with E-state index < -0.39 is 0 Å². The van der Waals surface area contributed by atoms with Crippen molar-refractivity contribution in [2.75, 3.05) is 0 Å². The maximum Gasteiger partial charge on any atom is 0.107 e. The van der Waals surface area contributed by atoms with Gasteiger partial charge in [-0.2, -0.15) is 0 Å². The molecule has 1 nitrogen and oxygen atoms in total. The van der Waals surface area contributed by atoms with Crippen molar-refractivity contribution < 1.29 is 5.11 Å². The van der Waals surface area contributed by atoms with E-state index in [-0.39, 0.29) is 5.41 Å². The van der Waals surface area contributed by atoms with E-state index in [2.05, 4.69) is 62.4 Å². The predicted octanol–water partition coefficient (Wildman–Crippen LogP) is 6.54. The second-order valence-corrected chi connectivity index (χ2v) is 6.98. The van der Waals surface area contributed by atoms with Crippen molar-refractivity contribution in [2.24, 2.45) is 5.41 Å². The lowest BCUT2D eigenvalue weighted by Gasteiger charge is -2.32. The number of hydrogen-bond acceptors (Lipinski definition) is 1. The van der Waals surface area contributed by atoms with E-state index in [1.54, 1.807) is 0 Å². The number of rotatable bonds is 5. The van der Waals surface area contributed by atoms with Crippen LogP contribution >= 0.6 is 0 Å². The zero-order valence-corrected chi connectivity index (χ0v) is 14.9. The first kappa shape index (κ1) is 16.8. The van der Waals surface area contributed by atoms with Gasteiger partial charge in [-0.25, -0.2) is 0 Å². The first-order valence-electron chi connectivity index (χ1n) is 9.29. The fourth-order valence-electron chi connectivity index (χ4n) is 4.04. The molecule has 0 heterocycles. The van der Waals surface area contributed by atoms with E-state index in [1.165, 1.54) is 17.5 Å². The first-order valence-corrected chi connectivity index (χ1v) is 9.29. The lowest BCUT2D eigenvalue weighted by Crippen LogP contribution is -2.24. The van der Waals surface area contributed by atoms with Gasteiger partial charge in [-0.3, -0.25) is 0 Å². The van der Waals surface area contributed by atoms with Crippen LogP contribution < -0.4 is 0 Å². The highest BCUT2D eigenvalue weighted by Crippen LogP contribution is 2.47. The van der Waals surface area contributed by atoms with Gasteiger partial charge >= 0.3 is 0 Å². The van der Waals surface area contributed by atoms with Crippen molar-refractivity contribution in [1.29, 1.82) is 0 Å². The summed E-state index contributed by atoms with van der Waals surface area (Å²) in [6, 6.07) is 19.0. The van der Waals surface area contributed by atoms with Crippen LogP contribution in [0.25, 0.3) is 5.57 Å². The molecule has 1 heteroatoms. The van der Waals surface area contributed by atoms with Crippen molar-refractivity contribution in [2.45, 2.75) is 52.4 Å². The molecule has 2 aromatic carbocycles. The number of fused-ring (bicyclic) bond motifs is 1. The standard InChI is InChI=1S/C23H28O/c1-3-5-16-23(4-2)17-15-18-11-9-10-14-20(18)21(22(23)24)19-12-7-6-8-13-19/h6-14,24H,3-5,15-17H2,1-2H3/t23-/m1/s1. The van der Waals surface area contributed by atoms with Crippen molar-refractivity contribution in [3.63, 3.8) is 0 Å². The molecular formula is C23H28O. The highest BCUT2D eigenvalue weighted by atomic mass is 16.3. The Labute approximate surface area is 146 Å². The third-order valence-electron chi connectivity index (χ3n) is 5.65. The molecule has 0 fully saturated rings. The van der Waals surface area contributed by atoms with Crippen molar-refractivity contribution in [1.82, 2.24) is 0 Å². The predicted molar refractivity (Wildman–Crippen MR) is 102 cm³/mol. The number of allylic oxidation sites excluding steroid dienone is 1. The minimum absolute atomic E-state index is 0.0970. The van der Waals surface area contributed by atoms with Gasteiger partial charge in [-0.15, -0.1) is 0 Å². The Morgan fingerprint density at radius 2 is 1.67 bits per heavy atom. The molecule has 1 N–H and O–H groups in total. The van der Waals surface area contributed by atoms with Crippen LogP contribution in [0.15, 0.2) is 60.4 Å². The summed E-state index contributed by atoms with van der Waals surface area (Å²) in [4.78, 5) is 0. The average molecular weight is 320 g/mol. The minimum atomic E-state index is -0.0970. The fourth-order valence-corrected chi connectivity index (χ4v) is 4.04. The first-order chi connectivity index (χ1) is 11.7. The molecule has 0 aliphatic heterocycles. The maximum absolute atomic E-state index is 11.5. The van der Waals surface area contributed by atoms with Crippen LogP contribution in [-0.2, 0) is 6.42 Å². The SMILES string of the molecule is CCCC[C@]1(CC)CCc2ccccc2C(c2ccccc2)=C1O. The van der Waals surface area contributed by atoms with E-state index in [9.17, 15) is 5.11 Å². The third-order valence-corrected chi connectivity index (χ3v) is 5.65. The van der Waals surface area contributed by atoms with Gasteiger partial charge in [0.05, 0.1) is 0 Å². The van der Waals surface area contributed by atoms with E-state index in [4.69, 9.17) is 0 Å². The van der Waals surface area contributed by atoms with Crippen LogP contribution in [0.4, 0.5) is 0 Å². The lowest BCUT2D eigenvalue weighted by molar-refractivity contribution is 0.181. The highest BCUT2D eigenvalue weighted by molar-refractivity contribution is 5.83. The minimum Gasteiger partial charge on any atom is -0.511 e. The number of aliphatic hydroxyl groups excluding tert-OH is 1. The molecule has 3 rings (SSSR count). The molecule has 1 aliphatic rings. The smallest absolute Gasteiger partial charge is 0.107 e. The summed E-state index contributed by atoms with van der Waals surface area (Å²) in [6.07, 6.45) is 6.45. The van der Waals surface area contributed by atoms with Crippen LogP contribution in [0.2, 0.25) is 0 Å². The highest BCUT2D eigenvalue weighted by Gasteiger charge is 2.37. The molecule has 2 aromatic rings. The summed E-state index contributed by atoms with van der Waals surface area (Å²) in [6.45, 7) is 4.46. The monoisotopic (exact) mass is 320 g/mol. The normalized spacial score (nSPS) is 20.6. The van der Waals surface area contributed by atoms with Gasteiger partial charge in [0.15, 0.2) is 0 Å². The maximum atomic E-state index is 11.5. The molecule has 1 aliphatic carbocycles. The fraction of sp³-hybridized carbons (Fsp3) is 0.391. The molecule has 0 radical (unpaired) electrons. The van der Waals surface area contributed by atoms with E-state index in [0.29, 0.717) is 5.76 Å². The number of aliphatic hydroxyl groups is 1. The Hall–Kier alpha value is -2.02. The van der Waals surface area contributed by atoms with E-state index in [0.717, 1.165) is 43.2 Å². The number of benzene rings is 2. The van der Waals surface area contributed by atoms with Crippen molar-refractivity contribution in [3.8, 4) is 0 Å². The van der Waals surface area contributed by atoms with Gasteiger partial charge < -0.3 is 5.11 Å². The lowest BCUT2D eigenvalue weighted by atomic mass is 9.73. The molecule has 0 saturated carbocycles. The molecule has 126 valence electrons. The van der Waals surface area contributed by atoms with Crippen molar-refractivity contribution >= 4 is 5.57 Å². The molecule has 24 heavy (non-hydrogen) atoms. The zero-order valence-electron chi connectivity index (χ0n) is 14.9. The molecule has 0 spiro atoms. The second-order valence-electron chi connectivity index (χ2n) is 6.98. The Kier molecular flexibility index (Phi) is 5.08. The molecule has 0 bridgehead atoms. The van der Waals surface area contributed by atoms with Crippen LogP contribution in [0.5, 0.6) is 0 Å². The average Bonchev–Trinajstić information content (AvgIpc) is 2.76. The van der Waals surface area contributed by atoms with Crippen LogP contribution in [0, 0.1) is 5.41 Å². The van der Waals surface area contributed by atoms with Gasteiger partial charge in [0.1, 0.15) is 5.76 Å². The third kappa shape index (κ3) is 3.00. The molecule has 0 unspecified atom stereocenters. The molecule has 1 atom stereocenters. The Balaban J connectivity index is 2.22. The second kappa shape index (κ2) is 7.25. The largest absolute Gasteiger partial charge is 0.511 e. The van der Waals surface area contributed by atoms with Crippen LogP contribution in [-0.4, -0.2) is 5.11 Å². The summed E-state index contributed by atoms with van der Waals surface area (Å²) in [7, 11) is 0. The molecule has 0 aromatic heterocycles. The summed E-state index contributed by atoms with van der Waals surface area (Å²) < 4.78 is 0. The van der Waals surface area contributed by atoms with Crippen molar-refractivity contribution in [3.05, 3.63) is 77.0 Å². The van der Waals surface area contributed by atoms with Gasteiger partial charge in [0, 0.05) is 11.0 Å². The molecule has 0 amide bonds. The number of aryl methyl sites for hydroxylation is 1.